The van der Waals surface area contributed by atoms with Crippen LogP contribution < -0.4 is 19.1 Å². The van der Waals surface area contributed by atoms with Crippen LogP contribution in [0.4, 0.5) is 11.4 Å². The Kier molecular flexibility index (Phi) is 6.83. The van der Waals surface area contributed by atoms with Crippen molar-refractivity contribution in [2.24, 2.45) is 0 Å². The molecule has 7 nitrogen and oxygen atoms in total. The van der Waals surface area contributed by atoms with Crippen molar-refractivity contribution < 1.29 is 22.7 Å². The Balaban J connectivity index is 1.18. The lowest BCUT2D eigenvalue weighted by Gasteiger charge is -2.20. The highest BCUT2D eigenvalue weighted by Crippen LogP contribution is 2.33. The minimum absolute atomic E-state index is 0.191. The van der Waals surface area contributed by atoms with Crippen LogP contribution in [0.2, 0.25) is 0 Å². The van der Waals surface area contributed by atoms with Crippen LogP contribution in [0, 0.1) is 6.92 Å². The monoisotopic (exact) mass is 514 g/mol. The van der Waals surface area contributed by atoms with Crippen LogP contribution in [0.3, 0.4) is 0 Å². The van der Waals surface area contributed by atoms with E-state index in [0.717, 1.165) is 17.0 Å². The Morgan fingerprint density at radius 3 is 2.35 bits per heavy atom. The maximum Gasteiger partial charge on any atom is 0.264 e. The quantitative estimate of drug-likeness (QED) is 0.333. The molecule has 0 bridgehead atoms. The smallest absolute Gasteiger partial charge is 0.264 e. The zero-order valence-corrected chi connectivity index (χ0v) is 21.1. The third-order valence-electron chi connectivity index (χ3n) is 6.05. The third-order valence-corrected chi connectivity index (χ3v) is 7.86. The number of sulfonamides is 1. The van der Waals surface area contributed by atoms with Crippen molar-refractivity contribution in [1.29, 1.82) is 0 Å². The van der Waals surface area contributed by atoms with Gasteiger partial charge in [-0.2, -0.15) is 0 Å². The fourth-order valence-electron chi connectivity index (χ4n) is 4.20. The summed E-state index contributed by atoms with van der Waals surface area (Å²) in [6.07, 6.45) is 0.688. The van der Waals surface area contributed by atoms with Crippen molar-refractivity contribution in [2.45, 2.75) is 18.2 Å². The number of aryl methyl sites for hydroxylation is 1. The summed E-state index contributed by atoms with van der Waals surface area (Å²) in [5.41, 5.74) is 2.98. The summed E-state index contributed by atoms with van der Waals surface area (Å²) in [5, 5.41) is 2.78. The van der Waals surface area contributed by atoms with Gasteiger partial charge in [-0.3, -0.25) is 9.10 Å². The molecule has 5 rings (SSSR count). The summed E-state index contributed by atoms with van der Waals surface area (Å²) in [6.45, 7) is 1.96. The number of carbonyl (C=O) groups is 1. The zero-order chi connectivity index (χ0) is 25.8. The molecule has 0 saturated heterocycles. The van der Waals surface area contributed by atoms with Crippen molar-refractivity contribution in [3.63, 3.8) is 0 Å². The number of benzene rings is 4. The number of nitrogens with one attached hydrogen (secondary N) is 1. The molecule has 4 aromatic carbocycles. The normalized spacial score (nSPS) is 12.6. The topological polar surface area (TPSA) is 84.9 Å². The second kappa shape index (κ2) is 10.4. The number of rotatable bonds is 8. The number of amides is 1. The molecular weight excluding hydrogens is 488 g/mol. The molecular formula is C29H26N2O5S. The standard InChI is InChI=1S/C29H26N2O5S/c1-21-19-26(37(33,34)31-18-17-22-7-5-6-10-27(22)31)15-16-28(21)35-20-29(32)30-23-11-13-25(14-12-23)36-24-8-3-2-4-9-24/h2-16,19H,17-18,20H2,1H3,(H,30,32). The van der Waals surface area contributed by atoms with E-state index in [0.29, 0.717) is 35.7 Å². The summed E-state index contributed by atoms with van der Waals surface area (Å²) < 4.78 is 39.4. The number of anilines is 2. The van der Waals surface area contributed by atoms with E-state index in [9.17, 15) is 13.2 Å². The van der Waals surface area contributed by atoms with Gasteiger partial charge in [0.25, 0.3) is 15.9 Å². The highest BCUT2D eigenvalue weighted by Gasteiger charge is 2.30. The first kappa shape index (κ1) is 24.4. The van der Waals surface area contributed by atoms with E-state index in [-0.39, 0.29) is 17.4 Å². The van der Waals surface area contributed by atoms with Gasteiger partial charge in [0.2, 0.25) is 0 Å². The molecule has 1 amide bonds. The van der Waals surface area contributed by atoms with Crippen LogP contribution in [0.1, 0.15) is 11.1 Å². The van der Waals surface area contributed by atoms with E-state index < -0.39 is 10.0 Å². The zero-order valence-electron chi connectivity index (χ0n) is 20.3. The molecule has 0 saturated carbocycles. The summed E-state index contributed by atoms with van der Waals surface area (Å²) in [7, 11) is -3.70. The number of carbonyl (C=O) groups excluding carboxylic acids is 1. The highest BCUT2D eigenvalue weighted by atomic mass is 32.2. The molecule has 1 N–H and O–H groups in total. The summed E-state index contributed by atoms with van der Waals surface area (Å²) in [6, 6.07) is 28.7. The van der Waals surface area contributed by atoms with Crippen LogP contribution in [0.25, 0.3) is 0 Å². The Morgan fingerprint density at radius 2 is 1.59 bits per heavy atom. The van der Waals surface area contributed by atoms with E-state index in [1.54, 1.807) is 43.3 Å². The molecule has 0 fully saturated rings. The van der Waals surface area contributed by atoms with E-state index in [1.807, 2.05) is 54.6 Å². The minimum atomic E-state index is -3.70. The molecule has 37 heavy (non-hydrogen) atoms. The van der Waals surface area contributed by atoms with Gasteiger partial charge < -0.3 is 14.8 Å². The average Bonchev–Trinajstić information content (AvgIpc) is 3.35. The number of hydrogen-bond donors (Lipinski definition) is 1. The molecule has 4 aromatic rings. The van der Waals surface area contributed by atoms with Gasteiger partial charge >= 0.3 is 0 Å². The lowest BCUT2D eigenvalue weighted by Crippen LogP contribution is -2.29. The summed E-state index contributed by atoms with van der Waals surface area (Å²) >= 11 is 0. The highest BCUT2D eigenvalue weighted by molar-refractivity contribution is 7.92. The Morgan fingerprint density at radius 1 is 0.892 bits per heavy atom. The Labute approximate surface area is 216 Å². The van der Waals surface area contributed by atoms with Gasteiger partial charge in [-0.25, -0.2) is 8.42 Å². The lowest BCUT2D eigenvalue weighted by atomic mass is 10.2. The largest absolute Gasteiger partial charge is 0.483 e. The van der Waals surface area contributed by atoms with Crippen LogP contribution in [0.5, 0.6) is 17.2 Å². The van der Waals surface area contributed by atoms with Crippen molar-refractivity contribution >= 4 is 27.3 Å². The van der Waals surface area contributed by atoms with Crippen LogP contribution in [-0.4, -0.2) is 27.5 Å². The molecule has 0 aliphatic carbocycles. The van der Waals surface area contributed by atoms with Crippen molar-refractivity contribution in [3.8, 4) is 17.2 Å². The van der Waals surface area contributed by atoms with Gasteiger partial charge in [-0.05, 0) is 85.1 Å². The first-order valence-electron chi connectivity index (χ1n) is 11.9. The van der Waals surface area contributed by atoms with E-state index in [1.165, 1.54) is 10.4 Å². The molecule has 0 atom stereocenters. The van der Waals surface area contributed by atoms with Crippen LogP contribution >= 0.6 is 0 Å². The molecule has 1 aliphatic rings. The fourth-order valence-corrected chi connectivity index (χ4v) is 5.79. The van der Waals surface area contributed by atoms with E-state index in [2.05, 4.69) is 5.32 Å². The summed E-state index contributed by atoms with van der Waals surface area (Å²) in [4.78, 5) is 12.6. The molecule has 8 heteroatoms. The lowest BCUT2D eigenvalue weighted by molar-refractivity contribution is -0.118. The molecule has 0 unspecified atom stereocenters. The molecule has 1 heterocycles. The molecule has 0 radical (unpaired) electrons. The van der Waals surface area contributed by atoms with Gasteiger partial charge in [-0.1, -0.05) is 36.4 Å². The third kappa shape index (κ3) is 5.44. The van der Waals surface area contributed by atoms with Gasteiger partial charge in [0.1, 0.15) is 17.2 Å². The SMILES string of the molecule is Cc1cc(S(=O)(=O)N2CCc3ccccc32)ccc1OCC(=O)Nc1ccc(Oc2ccccc2)cc1. The van der Waals surface area contributed by atoms with Gasteiger partial charge in [0, 0.05) is 12.2 Å². The van der Waals surface area contributed by atoms with Crippen molar-refractivity contribution in [2.75, 3.05) is 22.8 Å². The van der Waals surface area contributed by atoms with E-state index in [4.69, 9.17) is 9.47 Å². The Hall–Kier alpha value is -4.30. The van der Waals surface area contributed by atoms with Crippen LogP contribution in [-0.2, 0) is 21.2 Å². The predicted molar refractivity (Wildman–Crippen MR) is 143 cm³/mol. The summed E-state index contributed by atoms with van der Waals surface area (Å²) in [5.74, 6) is 1.50. The fraction of sp³-hybridized carbons (Fsp3) is 0.138. The first-order valence-corrected chi connectivity index (χ1v) is 13.3. The number of fused-ring (bicyclic) bond motifs is 1. The second-order valence-corrected chi connectivity index (χ2v) is 10.5. The van der Waals surface area contributed by atoms with E-state index >= 15 is 0 Å². The molecule has 1 aliphatic heterocycles. The molecule has 0 aromatic heterocycles. The number of ether oxygens (including phenoxy) is 2. The maximum absolute atomic E-state index is 13.3. The minimum Gasteiger partial charge on any atom is -0.483 e. The predicted octanol–water partition coefficient (Wildman–Crippen LogP) is 5.56. The molecule has 188 valence electrons. The maximum atomic E-state index is 13.3. The first-order chi connectivity index (χ1) is 17.9. The Bertz CT molecular complexity index is 1520. The van der Waals surface area contributed by atoms with Crippen molar-refractivity contribution in [1.82, 2.24) is 0 Å². The van der Waals surface area contributed by atoms with Crippen LogP contribution in [0.15, 0.2) is 102 Å². The van der Waals surface area contributed by atoms with Gasteiger partial charge in [-0.15, -0.1) is 0 Å². The average molecular weight is 515 g/mol. The van der Waals surface area contributed by atoms with Crippen molar-refractivity contribution in [3.05, 3.63) is 108 Å². The second-order valence-electron chi connectivity index (χ2n) is 8.66. The van der Waals surface area contributed by atoms with Gasteiger partial charge in [0.15, 0.2) is 6.61 Å². The number of para-hydroxylation sites is 2. The number of hydrogen-bond acceptors (Lipinski definition) is 5. The van der Waals surface area contributed by atoms with Gasteiger partial charge in [0.05, 0.1) is 10.6 Å². The number of nitrogens with zero attached hydrogens (tertiary/aromatic N) is 1. The molecule has 0 spiro atoms.